The first-order valence-electron chi connectivity index (χ1n) is 7.60. The highest BCUT2D eigenvalue weighted by atomic mass is 32.1. The average molecular weight is 358 g/mol. The van der Waals surface area contributed by atoms with E-state index < -0.39 is 0 Å². The lowest BCUT2D eigenvalue weighted by molar-refractivity contribution is 0.285. The number of anilines is 1. The first kappa shape index (κ1) is 16.9. The van der Waals surface area contributed by atoms with Gasteiger partial charge >= 0.3 is 0 Å². The molecule has 0 fully saturated rings. The molecule has 0 amide bonds. The van der Waals surface area contributed by atoms with E-state index in [1.807, 2.05) is 30.3 Å². The zero-order chi connectivity index (χ0) is 16.9. The standard InChI is InChI=1S/C12H11NOS.C7H8OS/c14-7-9-5-11-12(15-9)10-4-2-1-3-8(10)6-13-11;1-8-6-2-4-7(9)5-3-6/h1-5,13-14H,6-7H2;2-5,9H,1H3. The summed E-state index contributed by atoms with van der Waals surface area (Å²) in [5.74, 6) is 0.868. The van der Waals surface area contributed by atoms with Crippen LogP contribution in [0.2, 0.25) is 0 Å². The number of thiophene rings is 1. The highest BCUT2D eigenvalue weighted by Crippen LogP contribution is 2.41. The van der Waals surface area contributed by atoms with Gasteiger partial charge in [0, 0.05) is 16.3 Å². The quantitative estimate of drug-likeness (QED) is 0.576. The summed E-state index contributed by atoms with van der Waals surface area (Å²) in [6, 6.07) is 18.0. The summed E-state index contributed by atoms with van der Waals surface area (Å²) in [4.78, 5) is 3.22. The fourth-order valence-corrected chi connectivity index (χ4v) is 3.72. The van der Waals surface area contributed by atoms with Crippen molar-refractivity contribution in [1.82, 2.24) is 0 Å². The molecule has 0 saturated heterocycles. The Hall–Kier alpha value is -1.95. The molecule has 0 spiro atoms. The molecule has 0 unspecified atom stereocenters. The maximum Gasteiger partial charge on any atom is 0.118 e. The van der Waals surface area contributed by atoms with E-state index >= 15 is 0 Å². The molecule has 0 saturated carbocycles. The van der Waals surface area contributed by atoms with Crippen LogP contribution in [0.25, 0.3) is 10.4 Å². The number of nitrogens with one attached hydrogen (secondary N) is 1. The van der Waals surface area contributed by atoms with Crippen LogP contribution in [0, 0.1) is 0 Å². The summed E-state index contributed by atoms with van der Waals surface area (Å²) >= 11 is 5.78. The number of rotatable bonds is 2. The molecule has 1 aliphatic heterocycles. The molecule has 3 aromatic rings. The van der Waals surface area contributed by atoms with Gasteiger partial charge < -0.3 is 15.2 Å². The number of hydrogen-bond donors (Lipinski definition) is 3. The summed E-state index contributed by atoms with van der Waals surface area (Å²) in [5.41, 5.74) is 3.79. The second-order valence-electron chi connectivity index (χ2n) is 5.32. The van der Waals surface area contributed by atoms with Crippen molar-refractivity contribution < 1.29 is 9.84 Å². The number of aliphatic hydroxyl groups is 1. The third kappa shape index (κ3) is 3.75. The molecule has 0 bridgehead atoms. The van der Waals surface area contributed by atoms with Crippen LogP contribution in [0.5, 0.6) is 5.75 Å². The molecule has 5 heteroatoms. The largest absolute Gasteiger partial charge is 0.497 e. The Kier molecular flexibility index (Phi) is 5.45. The molecule has 3 nitrogen and oxygen atoms in total. The van der Waals surface area contributed by atoms with Crippen LogP contribution >= 0.6 is 24.0 Å². The van der Waals surface area contributed by atoms with Crippen molar-refractivity contribution in [1.29, 1.82) is 0 Å². The van der Waals surface area contributed by atoms with Gasteiger partial charge in [-0.1, -0.05) is 24.3 Å². The number of hydrogen-bond acceptors (Lipinski definition) is 5. The number of aliphatic hydroxyl groups excluding tert-OH is 1. The molecule has 2 N–H and O–H groups in total. The van der Waals surface area contributed by atoms with E-state index in [1.165, 1.54) is 16.0 Å². The summed E-state index contributed by atoms with van der Waals surface area (Å²) in [6.45, 7) is 1.01. The second-order valence-corrected chi connectivity index (χ2v) is 6.98. The van der Waals surface area contributed by atoms with E-state index in [4.69, 9.17) is 9.84 Å². The number of methoxy groups -OCH3 is 1. The van der Waals surface area contributed by atoms with Gasteiger partial charge in [0.15, 0.2) is 0 Å². The van der Waals surface area contributed by atoms with Crippen molar-refractivity contribution in [2.75, 3.05) is 12.4 Å². The molecule has 0 atom stereocenters. The van der Waals surface area contributed by atoms with Crippen LogP contribution in [-0.4, -0.2) is 12.2 Å². The highest BCUT2D eigenvalue weighted by molar-refractivity contribution is 7.80. The van der Waals surface area contributed by atoms with Gasteiger partial charge in [0.05, 0.1) is 24.3 Å². The zero-order valence-corrected chi connectivity index (χ0v) is 15.0. The van der Waals surface area contributed by atoms with Gasteiger partial charge in [0.2, 0.25) is 0 Å². The monoisotopic (exact) mass is 357 g/mol. The predicted octanol–water partition coefficient (Wildman–Crippen LogP) is 4.82. The summed E-state index contributed by atoms with van der Waals surface area (Å²) in [5, 5.41) is 12.5. The molecule has 124 valence electrons. The van der Waals surface area contributed by atoms with E-state index in [0.717, 1.165) is 27.8 Å². The molecule has 2 aromatic carbocycles. The van der Waals surface area contributed by atoms with Gasteiger partial charge in [-0.05, 0) is 41.5 Å². The molecular weight excluding hydrogens is 338 g/mol. The lowest BCUT2D eigenvalue weighted by Crippen LogP contribution is -2.05. The molecule has 4 rings (SSSR count). The molecule has 1 aromatic heterocycles. The van der Waals surface area contributed by atoms with Crippen molar-refractivity contribution in [3.8, 4) is 16.2 Å². The van der Waals surface area contributed by atoms with Crippen LogP contribution in [0.1, 0.15) is 10.4 Å². The van der Waals surface area contributed by atoms with E-state index in [1.54, 1.807) is 18.4 Å². The van der Waals surface area contributed by atoms with Crippen LogP contribution in [0.4, 0.5) is 5.69 Å². The highest BCUT2D eigenvalue weighted by Gasteiger charge is 2.17. The van der Waals surface area contributed by atoms with Crippen LogP contribution < -0.4 is 10.1 Å². The minimum Gasteiger partial charge on any atom is -0.497 e. The Morgan fingerprint density at radius 2 is 1.92 bits per heavy atom. The van der Waals surface area contributed by atoms with Gasteiger partial charge in [0.1, 0.15) is 5.75 Å². The van der Waals surface area contributed by atoms with Crippen molar-refractivity contribution >= 4 is 29.7 Å². The Morgan fingerprint density at radius 1 is 1.17 bits per heavy atom. The fraction of sp³-hybridized carbons (Fsp3) is 0.158. The molecule has 0 aliphatic carbocycles. The Morgan fingerprint density at radius 3 is 2.62 bits per heavy atom. The number of benzene rings is 2. The average Bonchev–Trinajstić information content (AvgIpc) is 3.07. The predicted molar refractivity (Wildman–Crippen MR) is 103 cm³/mol. The van der Waals surface area contributed by atoms with Crippen molar-refractivity contribution in [2.24, 2.45) is 0 Å². The Labute approximate surface area is 151 Å². The van der Waals surface area contributed by atoms with Gasteiger partial charge in [-0.2, -0.15) is 0 Å². The summed E-state index contributed by atoms with van der Waals surface area (Å²) in [7, 11) is 1.65. The number of fused-ring (bicyclic) bond motifs is 3. The Bertz CT molecular complexity index is 812. The van der Waals surface area contributed by atoms with Crippen molar-refractivity contribution in [3.05, 3.63) is 65.0 Å². The maximum atomic E-state index is 9.12. The van der Waals surface area contributed by atoms with Crippen LogP contribution in [0.15, 0.2) is 59.5 Å². The second kappa shape index (κ2) is 7.75. The lowest BCUT2D eigenvalue weighted by Gasteiger charge is -2.17. The lowest BCUT2D eigenvalue weighted by atomic mass is 10.0. The van der Waals surface area contributed by atoms with Gasteiger partial charge in [-0.25, -0.2) is 0 Å². The zero-order valence-electron chi connectivity index (χ0n) is 13.3. The third-order valence-electron chi connectivity index (χ3n) is 3.74. The topological polar surface area (TPSA) is 41.5 Å². The van der Waals surface area contributed by atoms with E-state index in [9.17, 15) is 0 Å². The first-order chi connectivity index (χ1) is 11.7. The Balaban J connectivity index is 0.000000162. The molecule has 1 aliphatic rings. The third-order valence-corrected chi connectivity index (χ3v) is 5.19. The first-order valence-corrected chi connectivity index (χ1v) is 8.86. The molecule has 0 radical (unpaired) electrons. The minimum absolute atomic E-state index is 0.127. The van der Waals surface area contributed by atoms with Crippen LogP contribution in [0.3, 0.4) is 0 Å². The molecule has 24 heavy (non-hydrogen) atoms. The van der Waals surface area contributed by atoms with Crippen LogP contribution in [-0.2, 0) is 13.2 Å². The SMILES string of the molecule is COc1ccc(S)cc1.OCc1cc2c(s1)-c1ccccc1CN2. The molecule has 2 heterocycles. The summed E-state index contributed by atoms with van der Waals surface area (Å²) in [6.07, 6.45) is 0. The van der Waals surface area contributed by atoms with Crippen molar-refractivity contribution in [3.63, 3.8) is 0 Å². The molecular formula is C19H19NO2S2. The normalized spacial score (nSPS) is 11.5. The van der Waals surface area contributed by atoms with Crippen molar-refractivity contribution in [2.45, 2.75) is 18.0 Å². The van der Waals surface area contributed by atoms with E-state index in [-0.39, 0.29) is 6.61 Å². The summed E-state index contributed by atoms with van der Waals surface area (Å²) < 4.78 is 4.94. The smallest absolute Gasteiger partial charge is 0.118 e. The number of ether oxygens (including phenoxy) is 1. The van der Waals surface area contributed by atoms with E-state index in [2.05, 4.69) is 42.2 Å². The fourth-order valence-electron chi connectivity index (χ4n) is 2.52. The van der Waals surface area contributed by atoms with E-state index in [0.29, 0.717) is 0 Å². The maximum absolute atomic E-state index is 9.12. The van der Waals surface area contributed by atoms with Gasteiger partial charge in [-0.3, -0.25) is 0 Å². The van der Waals surface area contributed by atoms with Gasteiger partial charge in [0.25, 0.3) is 0 Å². The number of thiol groups is 1. The minimum atomic E-state index is 0.127. The van der Waals surface area contributed by atoms with Gasteiger partial charge in [-0.15, -0.1) is 24.0 Å².